The molecule has 102 valence electrons. The summed E-state index contributed by atoms with van der Waals surface area (Å²) in [5.74, 6) is -0.0658. The van der Waals surface area contributed by atoms with Crippen molar-refractivity contribution in [3.8, 4) is 0 Å². The molecule has 3 saturated heterocycles. The van der Waals surface area contributed by atoms with Crippen LogP contribution in [0.25, 0.3) is 0 Å². The quantitative estimate of drug-likeness (QED) is 0.682. The zero-order valence-electron chi connectivity index (χ0n) is 10.7. The highest BCUT2D eigenvalue weighted by Crippen LogP contribution is 2.39. The molecule has 5 nitrogen and oxygen atoms in total. The van der Waals surface area contributed by atoms with Gasteiger partial charge in [0.25, 0.3) is 0 Å². The smallest absolute Gasteiger partial charge is 0.311 e. The van der Waals surface area contributed by atoms with Gasteiger partial charge in [-0.15, -0.1) is 0 Å². The van der Waals surface area contributed by atoms with Gasteiger partial charge in [-0.25, -0.2) is 0 Å². The first-order chi connectivity index (χ1) is 8.83. The minimum Gasteiger partial charge on any atom is -0.464 e. The number of hydrogen-bond acceptors (Lipinski definition) is 5. The first-order valence-electron chi connectivity index (χ1n) is 6.95. The van der Waals surface area contributed by atoms with Crippen molar-refractivity contribution in [1.29, 1.82) is 0 Å². The Bertz CT molecular complexity index is 303. The van der Waals surface area contributed by atoms with E-state index in [0.29, 0.717) is 12.7 Å². The summed E-state index contributed by atoms with van der Waals surface area (Å²) < 4.78 is 16.3. The molecule has 18 heavy (non-hydrogen) atoms. The van der Waals surface area contributed by atoms with Gasteiger partial charge >= 0.3 is 5.97 Å². The molecule has 0 saturated carbocycles. The highest BCUT2D eigenvalue weighted by Gasteiger charge is 2.45. The standard InChI is InChI=1S/C13H21NO4/c15-13(11-9-10-1-2-12(11)18-10)17-8-5-14-3-6-16-7-4-14/h10-12H,1-9H2. The fourth-order valence-corrected chi connectivity index (χ4v) is 3.09. The van der Waals surface area contributed by atoms with Gasteiger partial charge in [0, 0.05) is 19.6 Å². The molecule has 3 rings (SSSR count). The van der Waals surface area contributed by atoms with Gasteiger partial charge in [0.2, 0.25) is 0 Å². The monoisotopic (exact) mass is 255 g/mol. The summed E-state index contributed by atoms with van der Waals surface area (Å²) in [7, 11) is 0. The fraction of sp³-hybridized carbons (Fsp3) is 0.923. The minimum atomic E-state index is -0.0598. The van der Waals surface area contributed by atoms with Crippen molar-refractivity contribution in [3.63, 3.8) is 0 Å². The molecule has 0 spiro atoms. The van der Waals surface area contributed by atoms with Crippen LogP contribution in [0.4, 0.5) is 0 Å². The molecule has 3 fully saturated rings. The molecular formula is C13H21NO4. The van der Waals surface area contributed by atoms with Crippen LogP contribution in [-0.4, -0.2) is 62.5 Å². The third-order valence-corrected chi connectivity index (χ3v) is 4.16. The van der Waals surface area contributed by atoms with E-state index in [1.54, 1.807) is 0 Å². The summed E-state index contributed by atoms with van der Waals surface area (Å²) in [6.07, 6.45) is 3.44. The number of esters is 1. The first kappa shape index (κ1) is 12.4. The van der Waals surface area contributed by atoms with Crippen LogP contribution in [0.3, 0.4) is 0 Å². The van der Waals surface area contributed by atoms with E-state index in [9.17, 15) is 4.79 Å². The molecule has 2 bridgehead atoms. The summed E-state index contributed by atoms with van der Waals surface area (Å²) in [5.41, 5.74) is 0. The van der Waals surface area contributed by atoms with Gasteiger partial charge < -0.3 is 14.2 Å². The number of carbonyl (C=O) groups is 1. The summed E-state index contributed by atoms with van der Waals surface area (Å²) in [6, 6.07) is 0. The molecule has 0 aromatic rings. The van der Waals surface area contributed by atoms with Gasteiger partial charge in [0.1, 0.15) is 6.61 Å². The normalized spacial score (nSPS) is 35.9. The van der Waals surface area contributed by atoms with Crippen molar-refractivity contribution >= 4 is 5.97 Å². The predicted molar refractivity (Wildman–Crippen MR) is 64.2 cm³/mol. The van der Waals surface area contributed by atoms with Crippen LogP contribution >= 0.6 is 0 Å². The van der Waals surface area contributed by atoms with E-state index in [0.717, 1.165) is 52.1 Å². The maximum atomic E-state index is 11.9. The van der Waals surface area contributed by atoms with Crippen molar-refractivity contribution in [2.24, 2.45) is 5.92 Å². The minimum absolute atomic E-state index is 0.00607. The Labute approximate surface area is 107 Å². The lowest BCUT2D eigenvalue weighted by molar-refractivity contribution is -0.151. The Balaban J connectivity index is 1.36. The second-order valence-electron chi connectivity index (χ2n) is 5.34. The molecule has 0 aromatic carbocycles. The highest BCUT2D eigenvalue weighted by molar-refractivity contribution is 5.73. The molecule has 3 unspecified atom stereocenters. The predicted octanol–water partition coefficient (Wildman–Crippen LogP) is 0.429. The van der Waals surface area contributed by atoms with E-state index < -0.39 is 0 Å². The van der Waals surface area contributed by atoms with E-state index in [4.69, 9.17) is 14.2 Å². The van der Waals surface area contributed by atoms with Gasteiger partial charge in [-0.2, -0.15) is 0 Å². The molecule has 3 aliphatic heterocycles. The SMILES string of the molecule is O=C(OCCN1CCOCC1)C1CC2CCC1O2. The Morgan fingerprint density at radius 1 is 1.28 bits per heavy atom. The zero-order chi connectivity index (χ0) is 12.4. The van der Waals surface area contributed by atoms with Crippen LogP contribution < -0.4 is 0 Å². The van der Waals surface area contributed by atoms with E-state index in [1.165, 1.54) is 0 Å². The number of hydrogen-bond donors (Lipinski definition) is 0. The van der Waals surface area contributed by atoms with Gasteiger partial charge in [0.15, 0.2) is 0 Å². The van der Waals surface area contributed by atoms with Crippen LogP contribution in [0.2, 0.25) is 0 Å². The largest absolute Gasteiger partial charge is 0.464 e. The lowest BCUT2D eigenvalue weighted by Crippen LogP contribution is -2.39. The van der Waals surface area contributed by atoms with E-state index >= 15 is 0 Å². The molecule has 3 aliphatic rings. The number of carbonyl (C=O) groups excluding carboxylic acids is 1. The summed E-state index contributed by atoms with van der Waals surface area (Å²) >= 11 is 0. The number of morpholine rings is 1. The van der Waals surface area contributed by atoms with Crippen molar-refractivity contribution in [2.75, 3.05) is 39.5 Å². The average molecular weight is 255 g/mol. The maximum absolute atomic E-state index is 11.9. The molecule has 5 heteroatoms. The van der Waals surface area contributed by atoms with E-state index in [-0.39, 0.29) is 18.0 Å². The molecule has 3 heterocycles. The van der Waals surface area contributed by atoms with Crippen LogP contribution in [0.1, 0.15) is 19.3 Å². The van der Waals surface area contributed by atoms with Crippen molar-refractivity contribution in [2.45, 2.75) is 31.5 Å². The van der Waals surface area contributed by atoms with Gasteiger partial charge in [0.05, 0.1) is 31.3 Å². The summed E-state index contributed by atoms with van der Waals surface area (Å²) in [6.45, 7) is 4.76. The Morgan fingerprint density at radius 2 is 2.11 bits per heavy atom. The Kier molecular flexibility index (Phi) is 3.82. The van der Waals surface area contributed by atoms with Crippen molar-refractivity contribution < 1.29 is 19.0 Å². The molecule has 0 N–H and O–H groups in total. The summed E-state index contributed by atoms with van der Waals surface area (Å²) in [5, 5.41) is 0. The molecule has 0 amide bonds. The molecule has 3 atom stereocenters. The summed E-state index contributed by atoms with van der Waals surface area (Å²) in [4.78, 5) is 14.2. The fourth-order valence-electron chi connectivity index (χ4n) is 3.09. The number of rotatable bonds is 4. The van der Waals surface area contributed by atoms with Crippen LogP contribution in [-0.2, 0) is 19.0 Å². The zero-order valence-corrected chi connectivity index (χ0v) is 10.7. The van der Waals surface area contributed by atoms with Crippen LogP contribution in [0, 0.1) is 5.92 Å². The number of nitrogens with zero attached hydrogens (tertiary/aromatic N) is 1. The molecule has 0 aromatic heterocycles. The number of ether oxygens (including phenoxy) is 3. The van der Waals surface area contributed by atoms with Gasteiger partial charge in [-0.1, -0.05) is 0 Å². The van der Waals surface area contributed by atoms with Crippen LogP contribution in [0.5, 0.6) is 0 Å². The molecule has 0 aliphatic carbocycles. The first-order valence-corrected chi connectivity index (χ1v) is 6.95. The molecule has 0 radical (unpaired) electrons. The van der Waals surface area contributed by atoms with Crippen LogP contribution in [0.15, 0.2) is 0 Å². The molecular weight excluding hydrogens is 234 g/mol. The second-order valence-corrected chi connectivity index (χ2v) is 5.34. The van der Waals surface area contributed by atoms with E-state index in [2.05, 4.69) is 4.90 Å². The highest BCUT2D eigenvalue weighted by atomic mass is 16.5. The van der Waals surface area contributed by atoms with Crippen molar-refractivity contribution in [3.05, 3.63) is 0 Å². The second kappa shape index (κ2) is 5.55. The number of fused-ring (bicyclic) bond motifs is 2. The topological polar surface area (TPSA) is 48.0 Å². The van der Waals surface area contributed by atoms with Gasteiger partial charge in [-0.05, 0) is 19.3 Å². The third-order valence-electron chi connectivity index (χ3n) is 4.16. The van der Waals surface area contributed by atoms with E-state index in [1.807, 2.05) is 0 Å². The van der Waals surface area contributed by atoms with Gasteiger partial charge in [-0.3, -0.25) is 9.69 Å². The third kappa shape index (κ3) is 2.68. The lowest BCUT2D eigenvalue weighted by atomic mass is 9.89. The Morgan fingerprint density at radius 3 is 2.78 bits per heavy atom. The maximum Gasteiger partial charge on any atom is 0.311 e. The Hall–Kier alpha value is -0.650. The van der Waals surface area contributed by atoms with Crippen molar-refractivity contribution in [1.82, 2.24) is 4.90 Å². The average Bonchev–Trinajstić information content (AvgIpc) is 3.02. The lowest BCUT2D eigenvalue weighted by Gasteiger charge is -2.26.